The van der Waals surface area contributed by atoms with Gasteiger partial charge < -0.3 is 24.2 Å². The van der Waals surface area contributed by atoms with Crippen LogP contribution in [0.15, 0.2) is 37.1 Å². The van der Waals surface area contributed by atoms with Crippen LogP contribution in [0.4, 0.5) is 5.82 Å². The zero-order valence-corrected chi connectivity index (χ0v) is 26.2. The lowest BCUT2D eigenvalue weighted by Crippen LogP contribution is -2.54. The number of likely N-dealkylation sites (N-methyl/N-ethyl adjacent to an activating group) is 1. The van der Waals surface area contributed by atoms with Gasteiger partial charge in [0.2, 0.25) is 5.91 Å². The minimum Gasteiger partial charge on any atom is -0.487 e. The second-order valence-corrected chi connectivity index (χ2v) is 12.7. The largest absolute Gasteiger partial charge is 0.487 e. The molecule has 44 heavy (non-hydrogen) atoms. The van der Waals surface area contributed by atoms with Crippen LogP contribution in [0.1, 0.15) is 38.2 Å². The molecule has 2 aromatic carbocycles. The van der Waals surface area contributed by atoms with Gasteiger partial charge in [-0.25, -0.2) is 0 Å². The molecule has 7 rings (SSSR count). The number of carbonyl (C=O) groups excluding carboxylic acids is 1. The van der Waals surface area contributed by atoms with Crippen LogP contribution >= 0.6 is 11.6 Å². The minimum atomic E-state index is -0.0639. The lowest BCUT2D eigenvalue weighted by molar-refractivity contribution is -0.128. The van der Waals surface area contributed by atoms with Crippen LogP contribution in [0.2, 0.25) is 5.02 Å². The van der Waals surface area contributed by atoms with Crippen molar-refractivity contribution in [3.8, 4) is 22.9 Å². The molecule has 230 valence electrons. The molecule has 2 saturated heterocycles. The summed E-state index contributed by atoms with van der Waals surface area (Å²) >= 11 is 7.23. The number of likely N-dealkylation sites (tertiary alicyclic amines) is 1. The number of hydrogen-bond acceptors (Lipinski definition) is 8. The Morgan fingerprint density at radius 2 is 2.00 bits per heavy atom. The molecule has 10 nitrogen and oxygen atoms in total. The fourth-order valence-corrected chi connectivity index (χ4v) is 6.88. The lowest BCUT2D eigenvalue weighted by Gasteiger charge is -2.40. The highest BCUT2D eigenvalue weighted by Crippen LogP contribution is 2.48. The fraction of sp³-hybridized carbons (Fsp3) is 0.455. The number of anilines is 1. The maximum Gasteiger partial charge on any atom is 0.319 e. The van der Waals surface area contributed by atoms with E-state index in [-0.39, 0.29) is 18.1 Å². The Kier molecular flexibility index (Phi) is 7.58. The zero-order valence-electron chi connectivity index (χ0n) is 25.5. The quantitative estimate of drug-likeness (QED) is 0.264. The highest BCUT2D eigenvalue weighted by Gasteiger charge is 2.33. The maximum atomic E-state index is 12.5. The molecule has 11 heteroatoms. The van der Waals surface area contributed by atoms with Crippen molar-refractivity contribution in [2.24, 2.45) is 0 Å². The van der Waals surface area contributed by atoms with Gasteiger partial charge in [0.25, 0.3) is 0 Å². The van der Waals surface area contributed by atoms with Gasteiger partial charge in [0, 0.05) is 53.6 Å². The molecule has 1 N–H and O–H groups in total. The molecule has 1 aliphatic carbocycles. The number of nitrogens with one attached hydrogen (secondary N) is 1. The van der Waals surface area contributed by atoms with E-state index >= 15 is 0 Å². The summed E-state index contributed by atoms with van der Waals surface area (Å²) in [6.45, 7) is 11.1. The van der Waals surface area contributed by atoms with Crippen molar-refractivity contribution in [1.82, 2.24) is 30.0 Å². The first-order valence-corrected chi connectivity index (χ1v) is 15.8. The first-order valence-electron chi connectivity index (χ1n) is 15.5. The SMILES string of the molecule is C=CC(=O)N1CCN(c2nc(OC[C@@H]3CCCN3C)nc3c(OC4CC4)c(-c4c(C)ccc5[nH]ncc45)c(Cl)cc23)C[C@@H]1C. The van der Waals surface area contributed by atoms with Gasteiger partial charge in [-0.3, -0.25) is 9.89 Å². The Morgan fingerprint density at radius 1 is 1.16 bits per heavy atom. The number of ether oxygens (including phenoxy) is 2. The molecule has 1 saturated carbocycles. The van der Waals surface area contributed by atoms with Gasteiger partial charge in [0.1, 0.15) is 17.9 Å². The van der Waals surface area contributed by atoms with Gasteiger partial charge in [-0.2, -0.15) is 15.1 Å². The molecule has 4 aromatic rings. The summed E-state index contributed by atoms with van der Waals surface area (Å²) in [7, 11) is 2.13. The number of benzene rings is 2. The van der Waals surface area contributed by atoms with Crippen molar-refractivity contribution in [2.75, 3.05) is 44.7 Å². The lowest BCUT2D eigenvalue weighted by atomic mass is 9.94. The summed E-state index contributed by atoms with van der Waals surface area (Å²) in [5, 5.41) is 9.73. The van der Waals surface area contributed by atoms with Crippen molar-refractivity contribution in [1.29, 1.82) is 0 Å². The highest BCUT2D eigenvalue weighted by molar-refractivity contribution is 6.35. The van der Waals surface area contributed by atoms with Gasteiger partial charge in [0.05, 0.1) is 22.8 Å². The summed E-state index contributed by atoms with van der Waals surface area (Å²) in [6.07, 6.45) is 7.51. The van der Waals surface area contributed by atoms with E-state index in [4.69, 9.17) is 31.0 Å². The van der Waals surface area contributed by atoms with E-state index in [9.17, 15) is 4.79 Å². The van der Waals surface area contributed by atoms with Crippen molar-refractivity contribution in [2.45, 2.75) is 57.7 Å². The summed E-state index contributed by atoms with van der Waals surface area (Å²) in [5.41, 5.74) is 4.43. The topological polar surface area (TPSA) is 99.7 Å². The number of hydrogen-bond donors (Lipinski definition) is 1. The molecule has 0 radical (unpaired) electrons. The van der Waals surface area contributed by atoms with E-state index in [1.807, 2.05) is 30.2 Å². The van der Waals surface area contributed by atoms with Gasteiger partial charge in [-0.05, 0) is 76.9 Å². The Balaban J connectivity index is 1.40. The molecular formula is C33H38ClN7O3. The highest BCUT2D eigenvalue weighted by atomic mass is 35.5. The number of aromatic amines is 1. The molecule has 2 aromatic heterocycles. The van der Waals surface area contributed by atoms with Gasteiger partial charge in [-0.1, -0.05) is 24.2 Å². The van der Waals surface area contributed by atoms with Crippen molar-refractivity contribution < 1.29 is 14.3 Å². The van der Waals surface area contributed by atoms with Crippen LogP contribution in [0.25, 0.3) is 32.9 Å². The molecule has 2 atom stereocenters. The second-order valence-electron chi connectivity index (χ2n) is 12.3. The summed E-state index contributed by atoms with van der Waals surface area (Å²) in [4.78, 5) is 28.9. The van der Waals surface area contributed by atoms with E-state index in [2.05, 4.69) is 46.6 Å². The number of H-pyrrole nitrogens is 1. The number of aryl methyl sites for hydroxylation is 1. The van der Waals surface area contributed by atoms with E-state index in [0.29, 0.717) is 54.6 Å². The third-order valence-electron chi connectivity index (χ3n) is 9.21. The molecule has 0 unspecified atom stereocenters. The smallest absolute Gasteiger partial charge is 0.319 e. The summed E-state index contributed by atoms with van der Waals surface area (Å²) in [6, 6.07) is 6.66. The number of halogens is 1. The van der Waals surface area contributed by atoms with Crippen molar-refractivity contribution >= 4 is 45.1 Å². The van der Waals surface area contributed by atoms with Crippen LogP contribution < -0.4 is 14.4 Å². The monoisotopic (exact) mass is 615 g/mol. The number of carbonyl (C=O) groups is 1. The van der Waals surface area contributed by atoms with E-state index < -0.39 is 0 Å². The maximum absolute atomic E-state index is 12.5. The summed E-state index contributed by atoms with van der Waals surface area (Å²) in [5.74, 6) is 1.31. The standard InChI is InChI=1S/C33H38ClN7O3/c1-5-27(42)41-14-13-40(17-20(41)3)32-23-15-25(34)29(28-19(2)8-11-26-24(28)16-35-38-26)31(44-22-9-10-22)30(23)36-33(37-32)43-18-21-7-6-12-39(21)4/h5,8,11,15-16,20-22H,1,6-7,9-10,12-14,17-18H2,2-4H3,(H,35,38)/t20-,21-/m0/s1. The Bertz CT molecular complexity index is 1750. The third kappa shape index (κ3) is 5.24. The van der Waals surface area contributed by atoms with Crippen LogP contribution in [-0.2, 0) is 4.79 Å². The Labute approximate surface area is 262 Å². The Morgan fingerprint density at radius 3 is 2.73 bits per heavy atom. The predicted octanol–water partition coefficient (Wildman–Crippen LogP) is 5.37. The first kappa shape index (κ1) is 28.9. The Hall–Kier alpha value is -3.89. The molecule has 2 aliphatic heterocycles. The van der Waals surface area contributed by atoms with Crippen molar-refractivity contribution in [3.05, 3.63) is 47.6 Å². The number of piperazine rings is 1. The number of aromatic nitrogens is 4. The first-order chi connectivity index (χ1) is 21.3. The fourth-order valence-electron chi connectivity index (χ4n) is 6.59. The molecule has 0 bridgehead atoms. The van der Waals surface area contributed by atoms with Crippen LogP contribution in [-0.4, -0.2) is 93.9 Å². The van der Waals surface area contributed by atoms with Gasteiger partial charge in [0.15, 0.2) is 5.75 Å². The van der Waals surface area contributed by atoms with E-state index in [0.717, 1.165) is 71.0 Å². The average molecular weight is 616 g/mol. The number of nitrogens with zero attached hydrogens (tertiary/aromatic N) is 6. The van der Waals surface area contributed by atoms with Gasteiger partial charge in [-0.15, -0.1) is 0 Å². The number of fused-ring (bicyclic) bond motifs is 2. The molecule has 3 aliphatic rings. The van der Waals surface area contributed by atoms with Crippen molar-refractivity contribution in [3.63, 3.8) is 0 Å². The number of amides is 1. The number of rotatable bonds is 8. The molecular weight excluding hydrogens is 578 g/mol. The third-order valence-corrected chi connectivity index (χ3v) is 9.51. The average Bonchev–Trinajstić information content (AvgIpc) is 3.54. The predicted molar refractivity (Wildman–Crippen MR) is 173 cm³/mol. The zero-order chi connectivity index (χ0) is 30.5. The normalized spacial score (nSPS) is 20.9. The van der Waals surface area contributed by atoms with E-state index in [1.165, 1.54) is 6.08 Å². The molecule has 4 heterocycles. The minimum absolute atomic E-state index is 0.0333. The van der Waals surface area contributed by atoms with Crippen LogP contribution in [0, 0.1) is 6.92 Å². The van der Waals surface area contributed by atoms with Gasteiger partial charge >= 0.3 is 6.01 Å². The molecule has 1 amide bonds. The van der Waals surface area contributed by atoms with Crippen LogP contribution in [0.3, 0.4) is 0 Å². The molecule has 3 fully saturated rings. The van der Waals surface area contributed by atoms with E-state index in [1.54, 1.807) is 0 Å². The second kappa shape index (κ2) is 11.6. The van der Waals surface area contributed by atoms with Crippen LogP contribution in [0.5, 0.6) is 11.8 Å². The molecule has 0 spiro atoms. The summed E-state index contributed by atoms with van der Waals surface area (Å²) < 4.78 is 13.1.